The van der Waals surface area contributed by atoms with Crippen LogP contribution in [0.25, 0.3) is 10.2 Å². The number of hydrogen-bond acceptors (Lipinski definition) is 5. The van der Waals surface area contributed by atoms with Gasteiger partial charge >= 0.3 is 0 Å². The van der Waals surface area contributed by atoms with E-state index in [1.165, 1.54) is 28.7 Å². The molecule has 0 aliphatic heterocycles. The Morgan fingerprint density at radius 2 is 2.03 bits per heavy atom. The fourth-order valence-electron chi connectivity index (χ4n) is 2.99. The maximum Gasteiger partial charge on any atom is 0.239 e. The highest BCUT2D eigenvalue weighted by atomic mass is 32.2. The summed E-state index contributed by atoms with van der Waals surface area (Å²) < 4.78 is 1.07. The number of fused-ring (bicyclic) bond motifs is 1. The molecule has 2 N–H and O–H groups in total. The second-order valence-electron chi connectivity index (χ2n) is 7.29. The molecular weight excluding hydrogens is 402 g/mol. The number of aromatic nitrogens is 1. The molecule has 1 heterocycles. The molecule has 1 aromatic heterocycles. The van der Waals surface area contributed by atoms with Gasteiger partial charge in [0.2, 0.25) is 11.8 Å². The smallest absolute Gasteiger partial charge is 0.239 e. The van der Waals surface area contributed by atoms with Crippen LogP contribution in [0.15, 0.2) is 47.4 Å². The number of nitrogens with one attached hydrogen (secondary N) is 2. The summed E-state index contributed by atoms with van der Waals surface area (Å²) in [6, 6.07) is 13.8. The molecule has 2 aromatic carbocycles. The molecule has 2 amide bonds. The molecule has 7 heteroatoms. The third-order valence-electron chi connectivity index (χ3n) is 4.77. The number of anilines is 2. The second-order valence-corrected chi connectivity index (χ2v) is 9.59. The zero-order chi connectivity index (χ0) is 20.4. The quantitative estimate of drug-likeness (QED) is 0.493. The fraction of sp³-hybridized carbons (Fsp3) is 0.318. The van der Waals surface area contributed by atoms with Crippen LogP contribution in [0.3, 0.4) is 0 Å². The van der Waals surface area contributed by atoms with Crippen molar-refractivity contribution in [3.8, 4) is 0 Å². The SMILES string of the molecule is CCC(Sc1cccc(NC(=O)C2CC2)c1)C(=O)Nc1nc2ccc(C)cc2s1. The number of thioether (sulfide) groups is 1. The van der Waals surface area contributed by atoms with Crippen molar-refractivity contribution in [2.24, 2.45) is 5.92 Å². The lowest BCUT2D eigenvalue weighted by atomic mass is 10.2. The van der Waals surface area contributed by atoms with E-state index in [1.54, 1.807) is 0 Å². The molecule has 150 valence electrons. The van der Waals surface area contributed by atoms with Crippen LogP contribution in [-0.4, -0.2) is 22.0 Å². The van der Waals surface area contributed by atoms with E-state index in [0.717, 1.165) is 33.6 Å². The Bertz CT molecular complexity index is 1060. The van der Waals surface area contributed by atoms with E-state index < -0.39 is 0 Å². The molecule has 1 fully saturated rings. The van der Waals surface area contributed by atoms with E-state index in [9.17, 15) is 9.59 Å². The molecule has 0 radical (unpaired) electrons. The number of carbonyl (C=O) groups excluding carboxylic acids is 2. The molecule has 1 atom stereocenters. The number of thiazole rings is 1. The van der Waals surface area contributed by atoms with E-state index in [4.69, 9.17) is 0 Å². The molecule has 1 saturated carbocycles. The summed E-state index contributed by atoms with van der Waals surface area (Å²) >= 11 is 3.00. The van der Waals surface area contributed by atoms with Crippen molar-refractivity contribution >= 4 is 55.9 Å². The van der Waals surface area contributed by atoms with Gasteiger partial charge in [0, 0.05) is 16.5 Å². The van der Waals surface area contributed by atoms with Crippen LogP contribution in [-0.2, 0) is 9.59 Å². The number of rotatable bonds is 7. The second kappa shape index (κ2) is 8.55. The van der Waals surface area contributed by atoms with Crippen molar-refractivity contribution in [2.75, 3.05) is 10.6 Å². The zero-order valence-corrected chi connectivity index (χ0v) is 18.0. The highest BCUT2D eigenvalue weighted by Crippen LogP contribution is 2.33. The van der Waals surface area contributed by atoms with Gasteiger partial charge in [-0.3, -0.25) is 9.59 Å². The fourth-order valence-corrected chi connectivity index (χ4v) is 4.98. The average Bonchev–Trinajstić information content (AvgIpc) is 3.47. The van der Waals surface area contributed by atoms with Crippen molar-refractivity contribution in [3.63, 3.8) is 0 Å². The molecular formula is C22H23N3O2S2. The lowest BCUT2D eigenvalue weighted by Gasteiger charge is -2.14. The van der Waals surface area contributed by atoms with E-state index >= 15 is 0 Å². The van der Waals surface area contributed by atoms with Gasteiger partial charge in [-0.2, -0.15) is 0 Å². The summed E-state index contributed by atoms with van der Waals surface area (Å²) in [5, 5.41) is 6.32. The zero-order valence-electron chi connectivity index (χ0n) is 16.4. The Morgan fingerprint density at radius 3 is 2.79 bits per heavy atom. The standard InChI is InChI=1S/C22H23N3O2S2/c1-3-18(21(27)25-22-24-17-10-7-13(2)11-19(17)29-22)28-16-6-4-5-15(12-16)23-20(26)14-8-9-14/h4-7,10-12,14,18H,3,8-9H2,1-2H3,(H,23,26)(H,24,25,27). The molecule has 0 bridgehead atoms. The van der Waals surface area contributed by atoms with E-state index in [2.05, 4.69) is 21.7 Å². The summed E-state index contributed by atoms with van der Waals surface area (Å²) in [7, 11) is 0. The summed E-state index contributed by atoms with van der Waals surface area (Å²) in [5.41, 5.74) is 2.86. The first-order chi connectivity index (χ1) is 14.0. The van der Waals surface area contributed by atoms with Gasteiger partial charge in [0.15, 0.2) is 5.13 Å². The summed E-state index contributed by atoms with van der Waals surface area (Å²) in [6.07, 6.45) is 2.65. The van der Waals surface area contributed by atoms with Crippen LogP contribution in [0.5, 0.6) is 0 Å². The van der Waals surface area contributed by atoms with Crippen molar-refractivity contribution in [3.05, 3.63) is 48.0 Å². The Morgan fingerprint density at radius 1 is 1.21 bits per heavy atom. The first kappa shape index (κ1) is 19.9. The van der Waals surface area contributed by atoms with Gasteiger partial charge in [-0.05, 0) is 62.1 Å². The van der Waals surface area contributed by atoms with Crippen LogP contribution in [0.4, 0.5) is 10.8 Å². The topological polar surface area (TPSA) is 71.1 Å². The van der Waals surface area contributed by atoms with Crippen LogP contribution in [0.1, 0.15) is 31.7 Å². The third kappa shape index (κ3) is 4.97. The van der Waals surface area contributed by atoms with Gasteiger partial charge < -0.3 is 10.6 Å². The van der Waals surface area contributed by atoms with Crippen molar-refractivity contribution in [1.29, 1.82) is 0 Å². The molecule has 29 heavy (non-hydrogen) atoms. The van der Waals surface area contributed by atoms with Crippen LogP contribution < -0.4 is 10.6 Å². The number of hydrogen-bond donors (Lipinski definition) is 2. The summed E-state index contributed by atoms with van der Waals surface area (Å²) in [6.45, 7) is 4.04. The van der Waals surface area contributed by atoms with Crippen molar-refractivity contribution < 1.29 is 9.59 Å². The van der Waals surface area contributed by atoms with Gasteiger partial charge in [-0.25, -0.2) is 4.98 Å². The van der Waals surface area contributed by atoms with Gasteiger partial charge in [0.25, 0.3) is 0 Å². The minimum absolute atomic E-state index is 0.0549. The number of amides is 2. The lowest BCUT2D eigenvalue weighted by molar-refractivity contribution is -0.117. The van der Waals surface area contributed by atoms with Crippen LogP contribution >= 0.6 is 23.1 Å². The number of carbonyl (C=O) groups is 2. The highest BCUT2D eigenvalue weighted by molar-refractivity contribution is 8.00. The number of benzene rings is 2. The molecule has 1 aliphatic carbocycles. The van der Waals surface area contributed by atoms with Crippen LogP contribution in [0.2, 0.25) is 0 Å². The predicted octanol–water partition coefficient (Wildman–Crippen LogP) is 5.46. The molecule has 1 aliphatic rings. The molecule has 0 spiro atoms. The Kier molecular flexibility index (Phi) is 5.87. The molecule has 3 aromatic rings. The normalized spacial score (nSPS) is 14.6. The predicted molar refractivity (Wildman–Crippen MR) is 121 cm³/mol. The lowest BCUT2D eigenvalue weighted by Crippen LogP contribution is -2.24. The van der Waals surface area contributed by atoms with Gasteiger partial charge in [0.05, 0.1) is 15.5 Å². The van der Waals surface area contributed by atoms with Gasteiger partial charge in [0.1, 0.15) is 0 Å². The number of nitrogens with zero attached hydrogens (tertiary/aromatic N) is 1. The Hall–Kier alpha value is -2.38. The van der Waals surface area contributed by atoms with E-state index in [1.807, 2.05) is 50.2 Å². The minimum atomic E-state index is -0.238. The maximum atomic E-state index is 12.8. The average molecular weight is 426 g/mol. The van der Waals surface area contributed by atoms with Crippen molar-refractivity contribution in [2.45, 2.75) is 43.3 Å². The first-order valence-corrected chi connectivity index (χ1v) is 11.5. The van der Waals surface area contributed by atoms with E-state index in [-0.39, 0.29) is 23.0 Å². The number of aryl methyl sites for hydroxylation is 1. The molecule has 5 nitrogen and oxygen atoms in total. The molecule has 1 unspecified atom stereocenters. The Labute approximate surface area is 178 Å². The minimum Gasteiger partial charge on any atom is -0.326 e. The highest BCUT2D eigenvalue weighted by Gasteiger charge is 2.29. The monoisotopic (exact) mass is 425 g/mol. The maximum absolute atomic E-state index is 12.8. The summed E-state index contributed by atoms with van der Waals surface area (Å²) in [4.78, 5) is 30.3. The van der Waals surface area contributed by atoms with Crippen LogP contribution in [0, 0.1) is 12.8 Å². The van der Waals surface area contributed by atoms with E-state index in [0.29, 0.717) is 11.6 Å². The van der Waals surface area contributed by atoms with Gasteiger partial charge in [-0.15, -0.1) is 11.8 Å². The molecule has 4 rings (SSSR count). The van der Waals surface area contributed by atoms with Gasteiger partial charge in [-0.1, -0.05) is 30.4 Å². The Balaban J connectivity index is 1.42. The first-order valence-electron chi connectivity index (χ1n) is 9.77. The largest absolute Gasteiger partial charge is 0.326 e. The van der Waals surface area contributed by atoms with Crippen molar-refractivity contribution in [1.82, 2.24) is 4.98 Å². The third-order valence-corrected chi connectivity index (χ3v) is 7.06. The summed E-state index contributed by atoms with van der Waals surface area (Å²) in [5.74, 6) is 0.196. The molecule has 0 saturated heterocycles.